The number of hydrogen-bond acceptors (Lipinski definition) is 4. The van der Waals surface area contributed by atoms with Gasteiger partial charge in [-0.1, -0.05) is 23.5 Å². The summed E-state index contributed by atoms with van der Waals surface area (Å²) >= 11 is 1.31. The highest BCUT2D eigenvalue weighted by atomic mass is 32.1. The number of carbonyl (C=O) groups is 1. The van der Waals surface area contributed by atoms with E-state index in [0.717, 1.165) is 22.3 Å². The van der Waals surface area contributed by atoms with Gasteiger partial charge in [0.1, 0.15) is 0 Å². The number of alkyl halides is 3. The molecule has 0 unspecified atom stereocenters. The minimum absolute atomic E-state index is 0.392. The average Bonchev–Trinajstić information content (AvgIpc) is 2.92. The number of nitrogens with one attached hydrogen (secondary N) is 1. The summed E-state index contributed by atoms with van der Waals surface area (Å²) in [5.74, 6) is -0.392. The molecule has 0 atom stereocenters. The largest absolute Gasteiger partial charge is 0.416 e. The summed E-state index contributed by atoms with van der Waals surface area (Å²) in [7, 11) is 0. The van der Waals surface area contributed by atoms with Gasteiger partial charge < -0.3 is 11.1 Å². The molecule has 0 aliphatic carbocycles. The third-order valence-corrected chi connectivity index (χ3v) is 4.19. The zero-order valence-electron chi connectivity index (χ0n) is 12.7. The minimum atomic E-state index is -4.38. The summed E-state index contributed by atoms with van der Waals surface area (Å²) in [6.45, 7) is 0. The van der Waals surface area contributed by atoms with Gasteiger partial charge >= 0.3 is 6.18 Å². The average molecular weight is 363 g/mol. The van der Waals surface area contributed by atoms with Gasteiger partial charge in [0, 0.05) is 11.8 Å². The zero-order chi connectivity index (χ0) is 18.0. The molecule has 0 aliphatic heterocycles. The molecule has 0 saturated heterocycles. The SMILES string of the molecule is Nc1nc2ccc(NC(=O)C=Cc3ccc(C(F)(F)F)cc3)cc2s1. The van der Waals surface area contributed by atoms with Gasteiger partial charge in [-0.05, 0) is 42.0 Å². The van der Waals surface area contributed by atoms with Gasteiger partial charge in [0.15, 0.2) is 5.13 Å². The lowest BCUT2D eigenvalue weighted by Gasteiger charge is -2.06. The van der Waals surface area contributed by atoms with Crippen molar-refractivity contribution in [3.63, 3.8) is 0 Å². The van der Waals surface area contributed by atoms with Crippen molar-refractivity contribution in [3.05, 3.63) is 59.7 Å². The lowest BCUT2D eigenvalue weighted by molar-refractivity contribution is -0.137. The van der Waals surface area contributed by atoms with Crippen LogP contribution in [0.15, 0.2) is 48.5 Å². The number of fused-ring (bicyclic) bond motifs is 1. The van der Waals surface area contributed by atoms with Crippen LogP contribution in [0.2, 0.25) is 0 Å². The van der Waals surface area contributed by atoms with E-state index in [0.29, 0.717) is 16.4 Å². The minimum Gasteiger partial charge on any atom is -0.375 e. The summed E-state index contributed by atoms with van der Waals surface area (Å²) in [4.78, 5) is 16.1. The number of nitrogen functional groups attached to an aromatic ring is 1. The molecule has 0 aliphatic rings. The maximum atomic E-state index is 12.5. The Balaban J connectivity index is 1.67. The Morgan fingerprint density at radius 1 is 1.16 bits per heavy atom. The first-order valence-corrected chi connectivity index (χ1v) is 7.95. The summed E-state index contributed by atoms with van der Waals surface area (Å²) in [5.41, 5.74) is 6.73. The number of nitrogens with zero attached hydrogens (tertiary/aromatic N) is 1. The predicted molar refractivity (Wildman–Crippen MR) is 93.1 cm³/mol. The fourth-order valence-electron chi connectivity index (χ4n) is 2.16. The molecule has 1 heterocycles. The molecule has 0 saturated carbocycles. The lowest BCUT2D eigenvalue weighted by Crippen LogP contribution is -2.07. The molecule has 3 aromatic rings. The van der Waals surface area contributed by atoms with Crippen molar-refractivity contribution in [1.29, 1.82) is 0 Å². The molecule has 2 aromatic carbocycles. The topological polar surface area (TPSA) is 68.0 Å². The normalized spacial score (nSPS) is 12.0. The van der Waals surface area contributed by atoms with Crippen molar-refractivity contribution >= 4 is 44.4 Å². The van der Waals surface area contributed by atoms with Gasteiger partial charge in [0.2, 0.25) is 5.91 Å². The molecule has 4 nitrogen and oxygen atoms in total. The maximum Gasteiger partial charge on any atom is 0.416 e. The van der Waals surface area contributed by atoms with Crippen molar-refractivity contribution in [3.8, 4) is 0 Å². The van der Waals surface area contributed by atoms with E-state index in [9.17, 15) is 18.0 Å². The predicted octanol–water partition coefficient (Wildman–Crippen LogP) is 4.55. The second kappa shape index (κ2) is 6.56. The van der Waals surface area contributed by atoms with Crippen LogP contribution in [0.1, 0.15) is 11.1 Å². The Morgan fingerprint density at radius 3 is 2.56 bits per heavy atom. The second-order valence-electron chi connectivity index (χ2n) is 5.18. The van der Waals surface area contributed by atoms with E-state index in [2.05, 4.69) is 10.3 Å². The molecule has 0 spiro atoms. The highest BCUT2D eigenvalue weighted by molar-refractivity contribution is 7.22. The highest BCUT2D eigenvalue weighted by Gasteiger charge is 2.29. The third kappa shape index (κ3) is 4.16. The van der Waals surface area contributed by atoms with Crippen LogP contribution >= 0.6 is 11.3 Å². The number of amides is 1. The first-order valence-electron chi connectivity index (χ1n) is 7.14. The molecule has 0 fully saturated rings. The van der Waals surface area contributed by atoms with Gasteiger partial charge in [-0.2, -0.15) is 13.2 Å². The summed E-state index contributed by atoms with van der Waals surface area (Å²) < 4.78 is 38.3. The molecule has 8 heteroatoms. The number of aromatic nitrogens is 1. The highest BCUT2D eigenvalue weighted by Crippen LogP contribution is 2.29. The van der Waals surface area contributed by atoms with Crippen molar-refractivity contribution in [2.75, 3.05) is 11.1 Å². The monoisotopic (exact) mass is 363 g/mol. The van der Waals surface area contributed by atoms with Crippen molar-refractivity contribution in [1.82, 2.24) is 4.98 Å². The van der Waals surface area contributed by atoms with Crippen molar-refractivity contribution < 1.29 is 18.0 Å². The van der Waals surface area contributed by atoms with Crippen molar-refractivity contribution in [2.45, 2.75) is 6.18 Å². The molecule has 128 valence electrons. The van der Waals surface area contributed by atoms with Crippen LogP contribution in [-0.2, 0) is 11.0 Å². The number of hydrogen-bond donors (Lipinski definition) is 2. The lowest BCUT2D eigenvalue weighted by atomic mass is 10.1. The number of rotatable bonds is 3. The maximum absolute atomic E-state index is 12.5. The van der Waals surface area contributed by atoms with E-state index in [1.54, 1.807) is 18.2 Å². The molecular weight excluding hydrogens is 351 g/mol. The van der Waals surface area contributed by atoms with Crippen molar-refractivity contribution in [2.24, 2.45) is 0 Å². The molecule has 3 N–H and O–H groups in total. The number of nitrogens with two attached hydrogens (primary N) is 1. The third-order valence-electron chi connectivity index (χ3n) is 3.34. The number of thiazole rings is 1. The number of benzene rings is 2. The van der Waals surface area contributed by atoms with Crippen LogP contribution in [0.5, 0.6) is 0 Å². The molecule has 0 bridgehead atoms. The molecule has 1 amide bonds. The van der Waals surface area contributed by atoms with E-state index in [-0.39, 0.29) is 0 Å². The van der Waals surface area contributed by atoms with Crippen LogP contribution in [0.4, 0.5) is 24.0 Å². The van der Waals surface area contributed by atoms with E-state index < -0.39 is 17.6 Å². The van der Waals surface area contributed by atoms with Gasteiger partial charge in [-0.15, -0.1) is 0 Å². The molecular formula is C17H12F3N3OS. The fraction of sp³-hybridized carbons (Fsp3) is 0.0588. The van der Waals surface area contributed by atoms with Crippen LogP contribution in [0.25, 0.3) is 16.3 Å². The molecule has 25 heavy (non-hydrogen) atoms. The summed E-state index contributed by atoms with van der Waals surface area (Å²) in [6, 6.07) is 9.76. The Kier molecular flexibility index (Phi) is 4.45. The number of anilines is 2. The molecule has 1 aromatic heterocycles. The Morgan fingerprint density at radius 2 is 1.88 bits per heavy atom. The first kappa shape index (κ1) is 17.0. The van der Waals surface area contributed by atoms with Crippen LogP contribution < -0.4 is 11.1 Å². The van der Waals surface area contributed by atoms with Gasteiger partial charge in [0.05, 0.1) is 15.8 Å². The first-order chi connectivity index (χ1) is 11.8. The van der Waals surface area contributed by atoms with Gasteiger partial charge in [-0.25, -0.2) is 4.98 Å². The van der Waals surface area contributed by atoms with Crippen LogP contribution in [0.3, 0.4) is 0 Å². The van der Waals surface area contributed by atoms with Crippen LogP contribution in [0, 0.1) is 0 Å². The van der Waals surface area contributed by atoms with E-state index >= 15 is 0 Å². The Hall–Kier alpha value is -2.87. The van der Waals surface area contributed by atoms with E-state index in [1.165, 1.54) is 35.6 Å². The smallest absolute Gasteiger partial charge is 0.375 e. The second-order valence-corrected chi connectivity index (χ2v) is 6.24. The number of carbonyl (C=O) groups excluding carboxylic acids is 1. The van der Waals surface area contributed by atoms with E-state index in [1.807, 2.05) is 0 Å². The Labute approximate surface area is 144 Å². The van der Waals surface area contributed by atoms with Crippen LogP contribution in [-0.4, -0.2) is 10.9 Å². The van der Waals surface area contributed by atoms with Gasteiger partial charge in [-0.3, -0.25) is 4.79 Å². The van der Waals surface area contributed by atoms with E-state index in [4.69, 9.17) is 5.73 Å². The quantitative estimate of drug-likeness (QED) is 0.671. The zero-order valence-corrected chi connectivity index (χ0v) is 13.5. The standard InChI is InChI=1S/C17H12F3N3OS/c18-17(19,20)11-4-1-10(2-5-11)3-8-15(24)22-12-6-7-13-14(9-12)25-16(21)23-13/h1-9H,(H2,21,23)(H,22,24). The molecule has 0 radical (unpaired) electrons. The summed E-state index contributed by atoms with van der Waals surface area (Å²) in [6.07, 6.45) is -1.68. The Bertz CT molecular complexity index is 946. The summed E-state index contributed by atoms with van der Waals surface area (Å²) in [5, 5.41) is 3.13. The fourth-order valence-corrected chi connectivity index (χ4v) is 2.93. The molecule has 3 rings (SSSR count). The number of halogens is 3. The van der Waals surface area contributed by atoms with Gasteiger partial charge in [0.25, 0.3) is 0 Å².